The fourth-order valence-electron chi connectivity index (χ4n) is 10.3. The summed E-state index contributed by atoms with van der Waals surface area (Å²) in [5.41, 5.74) is 0. The highest BCUT2D eigenvalue weighted by Crippen LogP contribution is 2.45. The number of phosphoric acid groups is 2. The second-order valence-electron chi connectivity index (χ2n) is 26.8. The lowest BCUT2D eigenvalue weighted by molar-refractivity contribution is -0.161. The van der Waals surface area contributed by atoms with Crippen molar-refractivity contribution in [2.75, 3.05) is 39.6 Å². The summed E-state index contributed by atoms with van der Waals surface area (Å²) >= 11 is 0. The van der Waals surface area contributed by atoms with Crippen LogP contribution in [0.2, 0.25) is 0 Å². The van der Waals surface area contributed by atoms with Gasteiger partial charge in [0, 0.05) is 25.7 Å². The van der Waals surface area contributed by atoms with Gasteiger partial charge in [-0.15, -0.1) is 0 Å². The van der Waals surface area contributed by atoms with E-state index in [2.05, 4.69) is 55.4 Å². The Labute approximate surface area is 537 Å². The average Bonchev–Trinajstić information content (AvgIpc) is 3.34. The molecule has 0 saturated heterocycles. The largest absolute Gasteiger partial charge is 0.472 e. The van der Waals surface area contributed by atoms with Gasteiger partial charge in [-0.25, -0.2) is 9.13 Å². The van der Waals surface area contributed by atoms with Crippen LogP contribution < -0.4 is 0 Å². The number of unbranched alkanes of at least 4 members (excludes halogenated alkanes) is 32. The van der Waals surface area contributed by atoms with Crippen molar-refractivity contribution in [3.05, 3.63) is 0 Å². The second kappa shape index (κ2) is 58.8. The van der Waals surface area contributed by atoms with Crippen molar-refractivity contribution in [3.63, 3.8) is 0 Å². The van der Waals surface area contributed by atoms with Crippen LogP contribution in [0, 0.1) is 23.7 Å². The molecule has 0 fully saturated rings. The van der Waals surface area contributed by atoms with Crippen LogP contribution in [0.5, 0.6) is 0 Å². The Hall–Kier alpha value is -1.94. The van der Waals surface area contributed by atoms with Gasteiger partial charge >= 0.3 is 39.5 Å². The zero-order chi connectivity index (χ0) is 65.4. The van der Waals surface area contributed by atoms with E-state index in [-0.39, 0.29) is 25.7 Å². The predicted octanol–water partition coefficient (Wildman–Crippen LogP) is 19.3. The van der Waals surface area contributed by atoms with Gasteiger partial charge in [0.15, 0.2) is 12.2 Å². The monoisotopic (exact) mass is 1300 g/mol. The smallest absolute Gasteiger partial charge is 0.462 e. The van der Waals surface area contributed by atoms with Crippen LogP contribution in [-0.4, -0.2) is 96.7 Å². The van der Waals surface area contributed by atoms with Gasteiger partial charge in [0.25, 0.3) is 0 Å². The molecule has 0 spiro atoms. The third kappa shape index (κ3) is 62.8. The molecule has 0 amide bonds. The molecule has 522 valence electrons. The summed E-state index contributed by atoms with van der Waals surface area (Å²) in [4.78, 5) is 72.4. The van der Waals surface area contributed by atoms with Crippen molar-refractivity contribution in [3.8, 4) is 0 Å². The third-order valence-electron chi connectivity index (χ3n) is 15.8. The number of hydrogen-bond acceptors (Lipinski definition) is 15. The van der Waals surface area contributed by atoms with Gasteiger partial charge in [0.05, 0.1) is 26.4 Å². The molecular weight excluding hydrogens is 1160 g/mol. The van der Waals surface area contributed by atoms with E-state index >= 15 is 0 Å². The van der Waals surface area contributed by atoms with Crippen LogP contribution in [0.15, 0.2) is 0 Å². The molecule has 0 aliphatic heterocycles. The van der Waals surface area contributed by atoms with E-state index in [1.165, 1.54) is 135 Å². The molecule has 0 bridgehead atoms. The van der Waals surface area contributed by atoms with Crippen molar-refractivity contribution in [1.82, 2.24) is 0 Å². The van der Waals surface area contributed by atoms with E-state index in [9.17, 15) is 43.2 Å². The molecule has 0 saturated carbocycles. The normalized spacial score (nSPS) is 14.3. The van der Waals surface area contributed by atoms with E-state index in [0.717, 1.165) is 108 Å². The quantitative estimate of drug-likeness (QED) is 0.0222. The summed E-state index contributed by atoms with van der Waals surface area (Å²) in [5.74, 6) is 0.763. The minimum absolute atomic E-state index is 0.102. The Balaban J connectivity index is 5.18. The van der Waals surface area contributed by atoms with Crippen LogP contribution in [0.1, 0.15) is 338 Å². The number of ether oxygens (including phenoxy) is 4. The summed E-state index contributed by atoms with van der Waals surface area (Å²) in [6.07, 6.45) is 40.7. The molecule has 3 N–H and O–H groups in total. The highest BCUT2D eigenvalue weighted by Gasteiger charge is 2.30. The molecule has 0 aromatic heterocycles. The van der Waals surface area contributed by atoms with E-state index < -0.39 is 97.5 Å². The summed E-state index contributed by atoms with van der Waals surface area (Å²) < 4.78 is 68.1. The topological polar surface area (TPSA) is 237 Å². The predicted molar refractivity (Wildman–Crippen MR) is 354 cm³/mol. The van der Waals surface area contributed by atoms with E-state index in [1.807, 2.05) is 0 Å². The number of carbonyl (C=O) groups excluding carboxylic acids is 4. The van der Waals surface area contributed by atoms with Crippen molar-refractivity contribution in [1.29, 1.82) is 0 Å². The summed E-state index contributed by atoms with van der Waals surface area (Å²) in [7, 11) is -9.90. The minimum Gasteiger partial charge on any atom is -0.462 e. The third-order valence-corrected chi connectivity index (χ3v) is 17.7. The molecule has 5 atom stereocenters. The molecule has 0 aliphatic carbocycles. The van der Waals surface area contributed by atoms with Gasteiger partial charge in [-0.1, -0.05) is 287 Å². The lowest BCUT2D eigenvalue weighted by Gasteiger charge is -2.21. The molecule has 88 heavy (non-hydrogen) atoms. The SMILES string of the molecule is CC(C)CCCCCCCCCCCCCCCCC(=O)OC[C@H](COP(=O)(O)OC[C@@H](O)COP(=O)(O)OC[C@@H](COC(=O)CCCCCCCCC(C)C)OC(=O)CCCCCCCCCCCCC(C)C)OC(=O)CCCCCCCCC(C)C. The first-order chi connectivity index (χ1) is 42.1. The number of esters is 4. The van der Waals surface area contributed by atoms with E-state index in [1.54, 1.807) is 0 Å². The second-order valence-corrected chi connectivity index (χ2v) is 29.7. The van der Waals surface area contributed by atoms with Crippen LogP contribution in [0.3, 0.4) is 0 Å². The molecule has 0 rings (SSSR count). The Morgan fingerprint density at radius 1 is 0.284 bits per heavy atom. The summed E-state index contributed by atoms with van der Waals surface area (Å²) in [6.45, 7) is 14.0. The van der Waals surface area contributed by atoms with Crippen molar-refractivity contribution in [2.24, 2.45) is 23.7 Å². The van der Waals surface area contributed by atoms with Gasteiger partial charge in [0.2, 0.25) is 0 Å². The maximum atomic E-state index is 13.0. The van der Waals surface area contributed by atoms with Crippen LogP contribution >= 0.6 is 15.6 Å². The maximum Gasteiger partial charge on any atom is 0.472 e. The molecule has 0 aliphatic rings. The van der Waals surface area contributed by atoms with E-state index in [4.69, 9.17) is 37.0 Å². The lowest BCUT2D eigenvalue weighted by atomic mass is 10.0. The Kier molecular flexibility index (Phi) is 57.6. The van der Waals surface area contributed by atoms with Crippen LogP contribution in [0.25, 0.3) is 0 Å². The number of phosphoric ester groups is 2. The van der Waals surface area contributed by atoms with E-state index in [0.29, 0.717) is 37.5 Å². The zero-order valence-corrected chi connectivity index (χ0v) is 59.1. The van der Waals surface area contributed by atoms with Gasteiger partial charge < -0.3 is 33.8 Å². The van der Waals surface area contributed by atoms with Crippen molar-refractivity contribution >= 4 is 39.5 Å². The van der Waals surface area contributed by atoms with Crippen molar-refractivity contribution < 1.29 is 80.2 Å². The van der Waals surface area contributed by atoms with Crippen molar-refractivity contribution in [2.45, 2.75) is 356 Å². The molecule has 17 nitrogen and oxygen atoms in total. The molecular formula is C69H134O17P2. The number of carbonyl (C=O) groups is 4. The molecule has 2 unspecified atom stereocenters. The molecule has 0 heterocycles. The van der Waals surface area contributed by atoms with Crippen LogP contribution in [0.4, 0.5) is 0 Å². The fraction of sp³-hybridized carbons (Fsp3) is 0.942. The fourth-order valence-corrected chi connectivity index (χ4v) is 11.9. The molecule has 19 heteroatoms. The Morgan fingerprint density at radius 2 is 0.477 bits per heavy atom. The number of aliphatic hydroxyl groups excluding tert-OH is 1. The average molecular weight is 1300 g/mol. The Morgan fingerprint density at radius 3 is 0.705 bits per heavy atom. The number of hydrogen-bond donors (Lipinski definition) is 3. The molecule has 0 aromatic rings. The first kappa shape index (κ1) is 86.1. The minimum atomic E-state index is -4.95. The zero-order valence-electron chi connectivity index (χ0n) is 57.3. The van der Waals surface area contributed by atoms with Crippen LogP contribution in [-0.2, 0) is 65.4 Å². The van der Waals surface area contributed by atoms with Gasteiger partial charge in [0.1, 0.15) is 19.3 Å². The highest BCUT2D eigenvalue weighted by atomic mass is 31.2. The Bertz CT molecular complexity index is 1750. The summed E-state index contributed by atoms with van der Waals surface area (Å²) in [6, 6.07) is 0. The highest BCUT2D eigenvalue weighted by molar-refractivity contribution is 7.47. The van der Waals surface area contributed by atoms with Gasteiger partial charge in [-0.05, 0) is 49.4 Å². The lowest BCUT2D eigenvalue weighted by Crippen LogP contribution is -2.30. The maximum absolute atomic E-state index is 13.0. The van der Waals surface area contributed by atoms with Gasteiger partial charge in [-0.3, -0.25) is 37.3 Å². The first-order valence-corrected chi connectivity index (χ1v) is 38.7. The molecule has 0 radical (unpaired) electrons. The standard InChI is InChI=1S/C69H134O17P2/c1-59(2)45-37-29-21-17-13-11-9-10-12-14-19-23-33-41-49-66(71)79-55-65(86-69(74)52-44-36-28-26-32-40-48-62(7)8)58-84-88(77,78)82-54-63(70)53-81-87(75,76)83-57-64(56-80-67(72)50-42-34-27-25-31-39-47-61(5)6)85-68(73)51-43-35-24-20-16-15-18-22-30-38-46-60(3)4/h59-65,70H,9-58H2,1-8H3,(H,75,76)(H,77,78)/t63-,64+,65+/m0/s1. The van der Waals surface area contributed by atoms with Gasteiger partial charge in [-0.2, -0.15) is 0 Å². The number of rotatable bonds is 66. The first-order valence-electron chi connectivity index (χ1n) is 35.7. The number of aliphatic hydroxyl groups is 1. The molecule has 0 aromatic carbocycles. The summed E-state index contributed by atoms with van der Waals surface area (Å²) in [5, 5.41) is 10.6.